The van der Waals surface area contributed by atoms with Gasteiger partial charge in [0.2, 0.25) is 5.88 Å². The Bertz CT molecular complexity index is 1090. The first-order valence-electron chi connectivity index (χ1n) is 11.1. The van der Waals surface area contributed by atoms with Crippen molar-refractivity contribution < 1.29 is 14.2 Å². The fraction of sp³-hybridized carbons (Fsp3) is 0.417. The molecule has 8 nitrogen and oxygen atoms in total. The standard InChI is InChI=1S/C19H18FN5O2.C5H11N/c1-27-19-8-12(11-21-24-19)13-10-17(26)14(9-15(13)20)16-4-5-18(23-22-16)25-6-2-3-7-25;1-5(6)3-2-4-5/h4-5,8-11,26H,2-3,6-7H2,1H3;2-4,6H2,1H3. The zero-order chi connectivity index (χ0) is 23.4. The van der Waals surface area contributed by atoms with Crippen LogP contribution in [0.1, 0.15) is 39.0 Å². The number of aromatic nitrogens is 4. The Hall–Kier alpha value is -3.33. The Morgan fingerprint density at radius 2 is 1.76 bits per heavy atom. The molecule has 5 rings (SSSR count). The fourth-order valence-electron chi connectivity index (χ4n) is 3.90. The molecule has 3 N–H and O–H groups in total. The van der Waals surface area contributed by atoms with Gasteiger partial charge in [-0.25, -0.2) is 4.39 Å². The van der Waals surface area contributed by atoms with Gasteiger partial charge >= 0.3 is 0 Å². The summed E-state index contributed by atoms with van der Waals surface area (Å²) < 4.78 is 19.7. The van der Waals surface area contributed by atoms with Crippen LogP contribution in [-0.2, 0) is 0 Å². The van der Waals surface area contributed by atoms with Crippen LogP contribution in [0.15, 0.2) is 36.5 Å². The first kappa shape index (κ1) is 22.8. The van der Waals surface area contributed by atoms with Crippen LogP contribution in [0.2, 0.25) is 0 Å². The SMILES string of the molecule is CC1(N)CCC1.COc1cc(-c2cc(O)c(-c3ccc(N4CCCC4)nn3)cc2F)cnn1. The molecule has 174 valence electrons. The summed E-state index contributed by atoms with van der Waals surface area (Å²) >= 11 is 0. The third-order valence-electron chi connectivity index (χ3n) is 6.09. The number of phenols is 1. The molecule has 2 aromatic heterocycles. The molecule has 1 aromatic carbocycles. The lowest BCUT2D eigenvalue weighted by Crippen LogP contribution is -2.42. The van der Waals surface area contributed by atoms with Gasteiger partial charge in [0.05, 0.1) is 19.0 Å². The molecule has 1 aliphatic heterocycles. The number of ether oxygens (including phenoxy) is 1. The normalized spacial score (nSPS) is 16.5. The average molecular weight is 453 g/mol. The van der Waals surface area contributed by atoms with E-state index in [2.05, 4.69) is 32.2 Å². The van der Waals surface area contributed by atoms with Crippen molar-refractivity contribution in [3.05, 3.63) is 42.3 Å². The van der Waals surface area contributed by atoms with E-state index in [4.69, 9.17) is 10.5 Å². The maximum absolute atomic E-state index is 14.7. The number of halogens is 1. The number of aromatic hydroxyl groups is 1. The van der Waals surface area contributed by atoms with Crippen molar-refractivity contribution >= 4 is 5.82 Å². The monoisotopic (exact) mass is 452 g/mol. The van der Waals surface area contributed by atoms with Crippen molar-refractivity contribution in [3.8, 4) is 34.0 Å². The van der Waals surface area contributed by atoms with Crippen LogP contribution >= 0.6 is 0 Å². The van der Waals surface area contributed by atoms with Crippen molar-refractivity contribution in [3.63, 3.8) is 0 Å². The third kappa shape index (κ3) is 5.36. The highest BCUT2D eigenvalue weighted by atomic mass is 19.1. The number of benzene rings is 1. The number of hydrogen-bond donors (Lipinski definition) is 2. The number of rotatable bonds is 4. The first-order valence-corrected chi connectivity index (χ1v) is 11.1. The number of anilines is 1. The predicted octanol–water partition coefficient (Wildman–Crippen LogP) is 3.94. The van der Waals surface area contributed by atoms with E-state index in [0.29, 0.717) is 11.3 Å². The molecule has 0 radical (unpaired) electrons. The van der Waals surface area contributed by atoms with E-state index < -0.39 is 5.82 Å². The molecular weight excluding hydrogens is 423 g/mol. The summed E-state index contributed by atoms with van der Waals surface area (Å²) in [7, 11) is 1.45. The van der Waals surface area contributed by atoms with E-state index in [-0.39, 0.29) is 28.3 Å². The summed E-state index contributed by atoms with van der Waals surface area (Å²) in [4.78, 5) is 2.16. The van der Waals surface area contributed by atoms with E-state index in [1.807, 2.05) is 6.07 Å². The van der Waals surface area contributed by atoms with Crippen molar-refractivity contribution in [2.75, 3.05) is 25.1 Å². The molecule has 1 aliphatic carbocycles. The highest BCUT2D eigenvalue weighted by Crippen LogP contribution is 2.35. The summed E-state index contributed by atoms with van der Waals surface area (Å²) in [5.41, 5.74) is 7.19. The molecule has 2 fully saturated rings. The van der Waals surface area contributed by atoms with Gasteiger partial charge in [0.15, 0.2) is 5.82 Å². The number of methoxy groups -OCH3 is 1. The second kappa shape index (κ2) is 9.66. The summed E-state index contributed by atoms with van der Waals surface area (Å²) in [6, 6.07) is 7.73. The minimum atomic E-state index is -0.511. The molecule has 0 bridgehead atoms. The van der Waals surface area contributed by atoms with Gasteiger partial charge in [0.25, 0.3) is 0 Å². The van der Waals surface area contributed by atoms with Crippen molar-refractivity contribution in [1.29, 1.82) is 0 Å². The Balaban J connectivity index is 0.000000376. The van der Waals surface area contributed by atoms with E-state index >= 15 is 0 Å². The van der Waals surface area contributed by atoms with Crippen molar-refractivity contribution in [2.24, 2.45) is 5.73 Å². The molecule has 3 heterocycles. The van der Waals surface area contributed by atoms with Gasteiger partial charge in [0.1, 0.15) is 11.6 Å². The molecule has 2 aliphatic rings. The molecule has 1 saturated heterocycles. The van der Waals surface area contributed by atoms with Crippen LogP contribution in [-0.4, -0.2) is 51.2 Å². The zero-order valence-electron chi connectivity index (χ0n) is 19.0. The van der Waals surface area contributed by atoms with Gasteiger partial charge in [0, 0.05) is 41.4 Å². The predicted molar refractivity (Wildman–Crippen MR) is 125 cm³/mol. The topological polar surface area (TPSA) is 110 Å². The number of nitrogens with two attached hydrogens (primary N) is 1. The number of hydrogen-bond acceptors (Lipinski definition) is 8. The first-order chi connectivity index (χ1) is 15.9. The Morgan fingerprint density at radius 1 is 1.03 bits per heavy atom. The summed E-state index contributed by atoms with van der Waals surface area (Å²) in [6.45, 7) is 4.04. The van der Waals surface area contributed by atoms with Gasteiger partial charge in [-0.3, -0.25) is 0 Å². The molecule has 33 heavy (non-hydrogen) atoms. The molecule has 1 saturated carbocycles. The minimum absolute atomic E-state index is 0.0922. The minimum Gasteiger partial charge on any atom is -0.507 e. The lowest BCUT2D eigenvalue weighted by Gasteiger charge is -2.33. The van der Waals surface area contributed by atoms with Crippen molar-refractivity contribution in [2.45, 2.75) is 44.6 Å². The quantitative estimate of drug-likeness (QED) is 0.612. The van der Waals surface area contributed by atoms with E-state index in [1.165, 1.54) is 44.7 Å². The molecule has 3 aromatic rings. The molecular formula is C24H29FN6O2. The highest BCUT2D eigenvalue weighted by molar-refractivity contribution is 5.75. The van der Waals surface area contributed by atoms with E-state index in [9.17, 15) is 9.50 Å². The maximum Gasteiger partial charge on any atom is 0.233 e. The molecule has 0 spiro atoms. The molecule has 0 atom stereocenters. The van der Waals surface area contributed by atoms with Crippen LogP contribution in [0.4, 0.5) is 10.2 Å². The van der Waals surface area contributed by atoms with Gasteiger partial charge < -0.3 is 20.5 Å². The highest BCUT2D eigenvalue weighted by Gasteiger charge is 2.25. The second-order valence-corrected chi connectivity index (χ2v) is 8.81. The number of phenolic OH excluding ortho intramolecular Hbond substituents is 1. The van der Waals surface area contributed by atoms with Gasteiger partial charge in [-0.2, -0.15) is 5.10 Å². The van der Waals surface area contributed by atoms with Gasteiger partial charge in [-0.15, -0.1) is 15.3 Å². The van der Waals surface area contributed by atoms with Crippen LogP contribution in [0.25, 0.3) is 22.4 Å². The summed E-state index contributed by atoms with van der Waals surface area (Å²) in [6.07, 6.45) is 7.49. The molecule has 0 amide bonds. The lowest BCUT2D eigenvalue weighted by molar-refractivity contribution is 0.277. The van der Waals surface area contributed by atoms with Crippen LogP contribution in [0.3, 0.4) is 0 Å². The molecule has 0 unspecified atom stereocenters. The van der Waals surface area contributed by atoms with E-state index in [0.717, 1.165) is 31.7 Å². The van der Waals surface area contributed by atoms with Gasteiger partial charge in [-0.05, 0) is 63.3 Å². The van der Waals surface area contributed by atoms with Crippen LogP contribution in [0, 0.1) is 5.82 Å². The third-order valence-corrected chi connectivity index (χ3v) is 6.09. The average Bonchev–Trinajstić information content (AvgIpc) is 3.35. The zero-order valence-corrected chi connectivity index (χ0v) is 19.0. The Morgan fingerprint density at radius 3 is 2.33 bits per heavy atom. The van der Waals surface area contributed by atoms with Crippen molar-refractivity contribution in [1.82, 2.24) is 20.4 Å². The van der Waals surface area contributed by atoms with Gasteiger partial charge in [-0.1, -0.05) is 0 Å². The van der Waals surface area contributed by atoms with Crippen LogP contribution < -0.4 is 15.4 Å². The number of nitrogens with zero attached hydrogens (tertiary/aromatic N) is 5. The summed E-state index contributed by atoms with van der Waals surface area (Å²) in [5, 5.41) is 26.4. The lowest BCUT2D eigenvalue weighted by atomic mass is 9.80. The largest absolute Gasteiger partial charge is 0.507 e. The maximum atomic E-state index is 14.7. The Labute approximate surface area is 192 Å². The molecule has 9 heteroatoms. The Kier molecular flexibility index (Phi) is 6.69. The fourth-order valence-corrected chi connectivity index (χ4v) is 3.90. The smallest absolute Gasteiger partial charge is 0.233 e. The van der Waals surface area contributed by atoms with E-state index in [1.54, 1.807) is 12.1 Å². The summed E-state index contributed by atoms with van der Waals surface area (Å²) in [5.74, 6) is 0.454. The van der Waals surface area contributed by atoms with Crippen LogP contribution in [0.5, 0.6) is 11.6 Å². The second-order valence-electron chi connectivity index (χ2n) is 8.81.